The van der Waals surface area contributed by atoms with Gasteiger partial charge in [-0.25, -0.2) is 9.24 Å². The van der Waals surface area contributed by atoms with E-state index in [0.717, 1.165) is 38.5 Å². The predicted molar refractivity (Wildman–Crippen MR) is 275 cm³/mol. The molecule has 0 saturated carbocycles. The summed E-state index contributed by atoms with van der Waals surface area (Å²) in [4.78, 5) is 10.9. The van der Waals surface area contributed by atoms with E-state index in [4.69, 9.17) is 4.52 Å². The molecule has 368 valence electrons. The van der Waals surface area contributed by atoms with Gasteiger partial charge in [-0.2, -0.15) is 0 Å². The van der Waals surface area contributed by atoms with Crippen molar-refractivity contribution >= 4 is 7.75 Å². The van der Waals surface area contributed by atoms with Crippen LogP contribution in [-0.4, -0.2) is 29.3 Å². The summed E-state index contributed by atoms with van der Waals surface area (Å²) in [6.07, 6.45) is 68.2. The van der Waals surface area contributed by atoms with Gasteiger partial charge in [0.05, 0.1) is 6.61 Å². The number of rotatable bonds is 55. The standard InChI is InChI=1S/C56H116NO3P/c1-4-7-10-13-15-17-19-21-23-25-27-29-31-33-35-37-39-41-43-45-47-49-51-54-57(61(58,59)60-56-53-12-9-6-3)55-52-50-48-46-44-42-40-38-36-34-32-30-28-26-24-22-20-18-16-14-11-8-5-2/h4-56H2,1-3H3,(H,58,59). The van der Waals surface area contributed by atoms with E-state index in [1.807, 2.05) is 4.67 Å². The fourth-order valence-corrected chi connectivity index (χ4v) is 10.6. The van der Waals surface area contributed by atoms with Crippen LogP contribution in [-0.2, 0) is 9.09 Å². The van der Waals surface area contributed by atoms with Crippen LogP contribution in [0.1, 0.15) is 342 Å². The second kappa shape index (κ2) is 52.7. The fraction of sp³-hybridized carbons (Fsp3) is 1.00. The van der Waals surface area contributed by atoms with Gasteiger partial charge >= 0.3 is 7.75 Å². The van der Waals surface area contributed by atoms with Crippen LogP contribution in [0.25, 0.3) is 0 Å². The minimum atomic E-state index is -3.71. The highest BCUT2D eigenvalue weighted by molar-refractivity contribution is 7.50. The predicted octanol–water partition coefficient (Wildman–Crippen LogP) is 21.0. The molecule has 0 heterocycles. The Morgan fingerprint density at radius 1 is 0.279 bits per heavy atom. The molecule has 0 aromatic heterocycles. The first-order chi connectivity index (χ1) is 30.1. The molecule has 0 rings (SSSR count). The zero-order valence-electron chi connectivity index (χ0n) is 42.6. The first-order valence-electron chi connectivity index (χ1n) is 28.8. The third kappa shape index (κ3) is 49.4. The lowest BCUT2D eigenvalue weighted by Crippen LogP contribution is -2.24. The molecule has 0 bridgehead atoms. The molecule has 0 aromatic carbocycles. The van der Waals surface area contributed by atoms with Gasteiger partial charge in [0.1, 0.15) is 0 Å². The maximum absolute atomic E-state index is 13.3. The Balaban J connectivity index is 3.83. The van der Waals surface area contributed by atoms with Crippen LogP contribution in [0.3, 0.4) is 0 Å². The summed E-state index contributed by atoms with van der Waals surface area (Å²) in [5, 5.41) is 0. The summed E-state index contributed by atoms with van der Waals surface area (Å²) in [6.45, 7) is 8.60. The smallest absolute Gasteiger partial charge is 0.312 e. The van der Waals surface area contributed by atoms with E-state index in [9.17, 15) is 9.46 Å². The van der Waals surface area contributed by atoms with Crippen molar-refractivity contribution in [2.75, 3.05) is 19.7 Å². The van der Waals surface area contributed by atoms with E-state index in [0.29, 0.717) is 19.7 Å². The minimum Gasteiger partial charge on any atom is -0.312 e. The monoisotopic (exact) mass is 882 g/mol. The van der Waals surface area contributed by atoms with Crippen LogP contribution in [0.4, 0.5) is 0 Å². The lowest BCUT2D eigenvalue weighted by Gasteiger charge is -2.26. The molecule has 0 saturated heterocycles. The average molecular weight is 883 g/mol. The highest BCUT2D eigenvalue weighted by Crippen LogP contribution is 2.47. The van der Waals surface area contributed by atoms with Crippen LogP contribution in [0.5, 0.6) is 0 Å². The van der Waals surface area contributed by atoms with Gasteiger partial charge in [0.15, 0.2) is 0 Å². The number of hydrogen-bond donors (Lipinski definition) is 1. The number of hydrogen-bond acceptors (Lipinski definition) is 2. The molecule has 0 amide bonds. The van der Waals surface area contributed by atoms with Gasteiger partial charge in [-0.15, -0.1) is 0 Å². The zero-order chi connectivity index (χ0) is 44.3. The van der Waals surface area contributed by atoms with Crippen LogP contribution in [0.2, 0.25) is 0 Å². The lowest BCUT2D eigenvalue weighted by molar-refractivity contribution is 0.194. The average Bonchev–Trinajstić information content (AvgIpc) is 3.26. The molecule has 0 fully saturated rings. The fourth-order valence-electron chi connectivity index (χ4n) is 9.32. The molecule has 1 N–H and O–H groups in total. The van der Waals surface area contributed by atoms with Gasteiger partial charge < -0.3 is 4.89 Å². The molecule has 0 aromatic rings. The summed E-state index contributed by atoms with van der Waals surface area (Å²) < 4.78 is 20.8. The van der Waals surface area contributed by atoms with Crippen molar-refractivity contribution in [1.29, 1.82) is 0 Å². The summed E-state index contributed by atoms with van der Waals surface area (Å²) in [6, 6.07) is 0. The van der Waals surface area contributed by atoms with Crippen molar-refractivity contribution in [2.45, 2.75) is 342 Å². The molecule has 0 aliphatic heterocycles. The Morgan fingerprint density at radius 2 is 0.443 bits per heavy atom. The van der Waals surface area contributed by atoms with Crippen LogP contribution >= 0.6 is 7.75 Å². The van der Waals surface area contributed by atoms with Crippen molar-refractivity contribution in [3.63, 3.8) is 0 Å². The summed E-state index contributed by atoms with van der Waals surface area (Å²) in [5.74, 6) is 0. The zero-order valence-corrected chi connectivity index (χ0v) is 43.5. The van der Waals surface area contributed by atoms with Crippen LogP contribution in [0.15, 0.2) is 0 Å². The van der Waals surface area contributed by atoms with Gasteiger partial charge in [-0.1, -0.05) is 323 Å². The highest BCUT2D eigenvalue weighted by atomic mass is 31.2. The van der Waals surface area contributed by atoms with Gasteiger partial charge in [-0.3, -0.25) is 4.52 Å². The normalized spacial score (nSPS) is 12.9. The largest absolute Gasteiger partial charge is 0.405 e. The molecular weight excluding hydrogens is 766 g/mol. The van der Waals surface area contributed by atoms with Crippen molar-refractivity contribution in [1.82, 2.24) is 4.67 Å². The molecule has 61 heavy (non-hydrogen) atoms. The summed E-state index contributed by atoms with van der Waals surface area (Å²) >= 11 is 0. The summed E-state index contributed by atoms with van der Waals surface area (Å²) in [7, 11) is -3.71. The van der Waals surface area contributed by atoms with Crippen molar-refractivity contribution in [3.05, 3.63) is 0 Å². The van der Waals surface area contributed by atoms with E-state index in [2.05, 4.69) is 20.8 Å². The highest BCUT2D eigenvalue weighted by Gasteiger charge is 2.28. The van der Waals surface area contributed by atoms with E-state index in [1.165, 1.54) is 283 Å². The van der Waals surface area contributed by atoms with Crippen LogP contribution in [0, 0.1) is 0 Å². The van der Waals surface area contributed by atoms with Gasteiger partial charge in [0.2, 0.25) is 0 Å². The van der Waals surface area contributed by atoms with Crippen molar-refractivity contribution in [3.8, 4) is 0 Å². The molecule has 4 nitrogen and oxygen atoms in total. The molecular formula is C56H116NO3P. The molecule has 1 unspecified atom stereocenters. The Hall–Kier alpha value is 0.110. The molecule has 0 radical (unpaired) electrons. The first-order valence-corrected chi connectivity index (χ1v) is 30.3. The third-order valence-corrected chi connectivity index (χ3v) is 15.3. The van der Waals surface area contributed by atoms with Crippen molar-refractivity contribution in [2.24, 2.45) is 0 Å². The van der Waals surface area contributed by atoms with E-state index in [-0.39, 0.29) is 0 Å². The Bertz CT molecular complexity index is 789. The second-order valence-electron chi connectivity index (χ2n) is 19.9. The maximum Gasteiger partial charge on any atom is 0.405 e. The van der Waals surface area contributed by atoms with Gasteiger partial charge in [-0.05, 0) is 19.3 Å². The Kier molecular flexibility index (Phi) is 52.8. The number of unbranched alkanes of at least 4 members (excludes halogenated alkanes) is 47. The van der Waals surface area contributed by atoms with Gasteiger partial charge in [0.25, 0.3) is 0 Å². The molecule has 0 spiro atoms. The molecule has 0 aliphatic rings. The Morgan fingerprint density at radius 3 is 0.639 bits per heavy atom. The van der Waals surface area contributed by atoms with E-state index >= 15 is 0 Å². The molecule has 5 heteroatoms. The SMILES string of the molecule is CCCCCCCCCCCCCCCCCCCCCCCCCN(CCCCCCCCCCCCCCCCCCCCCCCCC)P(=O)(O)OCCCCCC. The molecule has 0 aliphatic carbocycles. The second-order valence-corrected chi connectivity index (χ2v) is 21.7. The summed E-state index contributed by atoms with van der Waals surface area (Å²) in [5.41, 5.74) is 0. The minimum absolute atomic E-state index is 0.406. The molecule has 1 atom stereocenters. The lowest BCUT2D eigenvalue weighted by atomic mass is 10.0. The van der Waals surface area contributed by atoms with Crippen LogP contribution < -0.4 is 0 Å². The topological polar surface area (TPSA) is 49.8 Å². The van der Waals surface area contributed by atoms with Crippen molar-refractivity contribution < 1.29 is 14.0 Å². The van der Waals surface area contributed by atoms with E-state index in [1.54, 1.807) is 0 Å². The quantitative estimate of drug-likeness (QED) is 0.0488. The Labute approximate surface area is 386 Å². The van der Waals surface area contributed by atoms with Gasteiger partial charge in [0, 0.05) is 13.1 Å². The van der Waals surface area contributed by atoms with E-state index < -0.39 is 7.75 Å². The first kappa shape index (κ1) is 61.1. The maximum atomic E-state index is 13.3. The third-order valence-electron chi connectivity index (χ3n) is 13.7. The number of nitrogens with zero attached hydrogens (tertiary/aromatic N) is 1.